The highest BCUT2D eigenvalue weighted by atomic mass is 32.2. The van der Waals surface area contributed by atoms with Gasteiger partial charge in [0.15, 0.2) is 11.0 Å². The van der Waals surface area contributed by atoms with Crippen LogP contribution in [0.25, 0.3) is 11.4 Å². The highest BCUT2D eigenvalue weighted by Gasteiger charge is 2.19. The molecule has 2 heterocycles. The first-order valence-corrected chi connectivity index (χ1v) is 11.5. The number of hydrogen-bond donors (Lipinski definition) is 0. The highest BCUT2D eigenvalue weighted by molar-refractivity contribution is 7.98. The quantitative estimate of drug-likeness (QED) is 0.378. The van der Waals surface area contributed by atoms with Gasteiger partial charge in [-0.3, -0.25) is 9.36 Å². The van der Waals surface area contributed by atoms with Gasteiger partial charge in [-0.2, -0.15) is 0 Å². The number of hydrogen-bond acceptors (Lipinski definition) is 4. The number of thioether (sulfide) groups is 1. The molecule has 2 aromatic carbocycles. The Morgan fingerprint density at radius 2 is 1.90 bits per heavy atom. The molecule has 7 heteroatoms. The number of allylic oxidation sites excluding steroid dienone is 1. The summed E-state index contributed by atoms with van der Waals surface area (Å²) in [6.45, 7) is 5.95. The number of aromatic nitrogens is 3. The zero-order valence-electron chi connectivity index (χ0n) is 17.3. The lowest BCUT2D eigenvalue weighted by Crippen LogP contribution is -2.35. The molecule has 1 aliphatic rings. The fourth-order valence-corrected chi connectivity index (χ4v) is 4.64. The van der Waals surface area contributed by atoms with Gasteiger partial charge in [0.05, 0.1) is 5.56 Å². The van der Waals surface area contributed by atoms with Gasteiger partial charge in [-0.05, 0) is 49.1 Å². The molecule has 160 valence electrons. The van der Waals surface area contributed by atoms with Crippen molar-refractivity contribution in [3.05, 3.63) is 78.1 Å². The minimum atomic E-state index is -0.333. The number of benzene rings is 2. The van der Waals surface area contributed by atoms with Crippen LogP contribution >= 0.6 is 11.8 Å². The number of rotatable bonds is 7. The molecule has 0 atom stereocenters. The van der Waals surface area contributed by atoms with Crippen LogP contribution in [0.2, 0.25) is 0 Å². The van der Waals surface area contributed by atoms with Crippen LogP contribution in [0.1, 0.15) is 35.2 Å². The number of nitrogens with zero attached hydrogens (tertiary/aromatic N) is 4. The van der Waals surface area contributed by atoms with E-state index in [-0.39, 0.29) is 11.7 Å². The van der Waals surface area contributed by atoms with Gasteiger partial charge in [0, 0.05) is 31.0 Å². The van der Waals surface area contributed by atoms with E-state index in [2.05, 4.69) is 16.8 Å². The molecule has 1 fully saturated rings. The standard InChI is InChI=1S/C24H25FN4OS/c1-2-13-29-22(20-11-4-5-12-21(20)25)26-27-24(29)31-17-18-9-8-10-19(16-18)23(30)28-14-6-3-7-15-28/h2,4-5,8-12,16H,1,3,6-7,13-15,17H2. The average molecular weight is 437 g/mol. The van der Waals surface area contributed by atoms with Crippen LogP contribution in [0.15, 0.2) is 66.3 Å². The Labute approximate surface area is 186 Å². The van der Waals surface area contributed by atoms with Crippen molar-refractivity contribution in [2.45, 2.75) is 36.7 Å². The lowest BCUT2D eigenvalue weighted by molar-refractivity contribution is 0.0724. The number of amides is 1. The molecule has 0 N–H and O–H groups in total. The first-order valence-electron chi connectivity index (χ1n) is 10.5. The summed E-state index contributed by atoms with van der Waals surface area (Å²) in [7, 11) is 0. The van der Waals surface area contributed by atoms with Gasteiger partial charge < -0.3 is 4.90 Å². The van der Waals surface area contributed by atoms with Crippen molar-refractivity contribution in [2.75, 3.05) is 13.1 Å². The van der Waals surface area contributed by atoms with E-state index in [1.54, 1.807) is 24.3 Å². The molecule has 0 spiro atoms. The molecule has 1 aromatic heterocycles. The Morgan fingerprint density at radius 1 is 1.10 bits per heavy atom. The van der Waals surface area contributed by atoms with E-state index in [0.717, 1.165) is 37.1 Å². The van der Waals surface area contributed by atoms with Crippen LogP contribution in [0.4, 0.5) is 4.39 Å². The summed E-state index contributed by atoms with van der Waals surface area (Å²) in [5.74, 6) is 0.881. The van der Waals surface area contributed by atoms with Crippen molar-refractivity contribution in [1.82, 2.24) is 19.7 Å². The summed E-state index contributed by atoms with van der Waals surface area (Å²) in [6.07, 6.45) is 5.09. The summed E-state index contributed by atoms with van der Waals surface area (Å²) < 4.78 is 16.1. The Hall–Kier alpha value is -2.93. The minimum absolute atomic E-state index is 0.100. The van der Waals surface area contributed by atoms with E-state index in [1.165, 1.54) is 24.2 Å². The SMILES string of the molecule is C=CCn1c(SCc2cccc(C(=O)N3CCCCC3)c2)nnc1-c1ccccc1F. The van der Waals surface area contributed by atoms with Gasteiger partial charge in [-0.15, -0.1) is 16.8 Å². The van der Waals surface area contributed by atoms with E-state index in [4.69, 9.17) is 0 Å². The van der Waals surface area contributed by atoms with E-state index in [1.807, 2.05) is 33.7 Å². The summed E-state index contributed by atoms with van der Waals surface area (Å²) in [4.78, 5) is 14.7. The second kappa shape index (κ2) is 9.92. The third-order valence-corrected chi connectivity index (χ3v) is 6.37. The second-order valence-corrected chi connectivity index (χ2v) is 8.47. The number of carbonyl (C=O) groups is 1. The first kappa shape index (κ1) is 21.3. The molecular formula is C24H25FN4OS. The fraction of sp³-hybridized carbons (Fsp3) is 0.292. The molecule has 1 saturated heterocycles. The van der Waals surface area contributed by atoms with E-state index >= 15 is 0 Å². The third-order valence-electron chi connectivity index (χ3n) is 5.33. The number of likely N-dealkylation sites (tertiary alicyclic amines) is 1. The van der Waals surface area contributed by atoms with Crippen molar-refractivity contribution < 1.29 is 9.18 Å². The Bertz CT molecular complexity index is 1070. The minimum Gasteiger partial charge on any atom is -0.339 e. The highest BCUT2D eigenvalue weighted by Crippen LogP contribution is 2.28. The molecular weight excluding hydrogens is 411 g/mol. The van der Waals surface area contributed by atoms with Crippen molar-refractivity contribution in [3.8, 4) is 11.4 Å². The largest absolute Gasteiger partial charge is 0.339 e. The zero-order valence-corrected chi connectivity index (χ0v) is 18.2. The molecule has 0 saturated carbocycles. The summed E-state index contributed by atoms with van der Waals surface area (Å²) in [5.41, 5.74) is 2.17. The molecule has 0 bridgehead atoms. The van der Waals surface area contributed by atoms with Gasteiger partial charge in [-0.1, -0.05) is 42.1 Å². The molecule has 4 rings (SSSR count). The van der Waals surface area contributed by atoms with E-state index in [9.17, 15) is 9.18 Å². The zero-order chi connectivity index (χ0) is 21.6. The molecule has 3 aromatic rings. The number of carbonyl (C=O) groups excluding carboxylic acids is 1. The fourth-order valence-electron chi connectivity index (χ4n) is 3.75. The average Bonchev–Trinajstić information content (AvgIpc) is 3.21. The van der Waals surface area contributed by atoms with E-state index < -0.39 is 0 Å². The van der Waals surface area contributed by atoms with Crippen molar-refractivity contribution in [3.63, 3.8) is 0 Å². The maximum Gasteiger partial charge on any atom is 0.253 e. The maximum atomic E-state index is 14.3. The molecule has 0 aliphatic carbocycles. The lowest BCUT2D eigenvalue weighted by Gasteiger charge is -2.26. The van der Waals surface area contributed by atoms with Crippen LogP contribution in [0, 0.1) is 5.82 Å². The van der Waals surface area contributed by atoms with Gasteiger partial charge in [0.25, 0.3) is 5.91 Å². The summed E-state index contributed by atoms with van der Waals surface area (Å²) in [5, 5.41) is 9.20. The smallest absolute Gasteiger partial charge is 0.253 e. The van der Waals surface area contributed by atoms with Gasteiger partial charge in [0.1, 0.15) is 5.82 Å². The van der Waals surface area contributed by atoms with Crippen LogP contribution in [0.5, 0.6) is 0 Å². The topological polar surface area (TPSA) is 51.0 Å². The third kappa shape index (κ3) is 4.88. The van der Waals surface area contributed by atoms with Gasteiger partial charge in [-0.25, -0.2) is 4.39 Å². The van der Waals surface area contributed by atoms with Crippen LogP contribution in [0.3, 0.4) is 0 Å². The predicted molar refractivity (Wildman–Crippen MR) is 121 cm³/mol. The molecule has 5 nitrogen and oxygen atoms in total. The van der Waals surface area contributed by atoms with E-state index in [0.29, 0.717) is 28.8 Å². The Kier molecular flexibility index (Phi) is 6.82. The molecule has 1 aliphatic heterocycles. The Balaban J connectivity index is 1.51. The Morgan fingerprint density at radius 3 is 2.68 bits per heavy atom. The number of halogens is 1. The monoisotopic (exact) mass is 436 g/mol. The van der Waals surface area contributed by atoms with Crippen molar-refractivity contribution >= 4 is 17.7 Å². The van der Waals surface area contributed by atoms with Crippen molar-refractivity contribution in [1.29, 1.82) is 0 Å². The molecule has 1 amide bonds. The van der Waals surface area contributed by atoms with Crippen LogP contribution in [-0.4, -0.2) is 38.7 Å². The normalized spacial score (nSPS) is 13.9. The summed E-state index contributed by atoms with van der Waals surface area (Å²) in [6, 6.07) is 14.3. The molecule has 0 radical (unpaired) electrons. The molecule has 0 unspecified atom stereocenters. The second-order valence-electron chi connectivity index (χ2n) is 7.53. The first-order chi connectivity index (χ1) is 15.2. The lowest BCUT2D eigenvalue weighted by atomic mass is 10.1. The number of piperidine rings is 1. The van der Waals surface area contributed by atoms with Crippen LogP contribution in [-0.2, 0) is 12.3 Å². The van der Waals surface area contributed by atoms with Gasteiger partial charge in [0.2, 0.25) is 0 Å². The summed E-state index contributed by atoms with van der Waals surface area (Å²) >= 11 is 1.51. The van der Waals surface area contributed by atoms with Crippen LogP contribution < -0.4 is 0 Å². The van der Waals surface area contributed by atoms with Gasteiger partial charge >= 0.3 is 0 Å². The van der Waals surface area contributed by atoms with Crippen molar-refractivity contribution in [2.24, 2.45) is 0 Å². The maximum absolute atomic E-state index is 14.3. The predicted octanol–water partition coefficient (Wildman–Crippen LogP) is 5.19. The molecule has 31 heavy (non-hydrogen) atoms.